The Bertz CT molecular complexity index is 1690. The van der Waals surface area contributed by atoms with Gasteiger partial charge in [0.25, 0.3) is 0 Å². The molecule has 2 N–H and O–H groups in total. The summed E-state index contributed by atoms with van der Waals surface area (Å²) in [6.07, 6.45) is 1.83. The van der Waals surface area contributed by atoms with Crippen LogP contribution >= 0.6 is 0 Å². The molecule has 0 aromatic heterocycles. The van der Waals surface area contributed by atoms with Crippen molar-refractivity contribution in [3.63, 3.8) is 0 Å². The third kappa shape index (κ3) is 3.05. The first-order valence-electron chi connectivity index (χ1n) is 14.6. The average Bonchev–Trinajstić information content (AvgIpc) is 3.67. The Labute approximate surface area is 250 Å². The largest absolute Gasteiger partial charge is 0.448 e. The molecule has 1 aliphatic heterocycles. The van der Waals surface area contributed by atoms with Crippen LogP contribution in [0.2, 0.25) is 0 Å². The van der Waals surface area contributed by atoms with Crippen molar-refractivity contribution in [2.75, 3.05) is 0 Å². The highest BCUT2D eigenvalue weighted by Gasteiger charge is 2.92. The van der Waals surface area contributed by atoms with Gasteiger partial charge in [0.2, 0.25) is 22.5 Å². The van der Waals surface area contributed by atoms with E-state index in [-0.39, 0.29) is 0 Å². The zero-order chi connectivity index (χ0) is 29.9. The number of amides is 1. The summed E-state index contributed by atoms with van der Waals surface area (Å²) in [7, 11) is 0. The van der Waals surface area contributed by atoms with Crippen molar-refractivity contribution in [3.05, 3.63) is 155 Å². The molecule has 1 saturated heterocycles. The smallest absolute Gasteiger partial charge is 0.329 e. The van der Waals surface area contributed by atoms with Gasteiger partial charge in [-0.2, -0.15) is 0 Å². The predicted molar refractivity (Wildman–Crippen MR) is 160 cm³/mol. The lowest BCUT2D eigenvalue weighted by Crippen LogP contribution is -2.69. The summed E-state index contributed by atoms with van der Waals surface area (Å²) in [5.74, 6) is -2.37. The van der Waals surface area contributed by atoms with Gasteiger partial charge in [0, 0.05) is 18.1 Å². The molecule has 4 aromatic carbocycles. The molecular weight excluding hydrogens is 538 g/mol. The quantitative estimate of drug-likeness (QED) is 0.182. The first-order chi connectivity index (χ1) is 20.9. The second kappa shape index (κ2) is 9.53. The van der Waals surface area contributed by atoms with Crippen LogP contribution in [-0.2, 0) is 34.9 Å². The van der Waals surface area contributed by atoms with Gasteiger partial charge in [-0.05, 0) is 36.0 Å². The van der Waals surface area contributed by atoms with E-state index >= 15 is 4.79 Å². The van der Waals surface area contributed by atoms with Gasteiger partial charge in [0.1, 0.15) is 0 Å². The van der Waals surface area contributed by atoms with E-state index in [2.05, 4.69) is 0 Å². The number of hydrogen-bond acceptors (Lipinski definition) is 5. The van der Waals surface area contributed by atoms with E-state index in [1.54, 1.807) is 0 Å². The van der Waals surface area contributed by atoms with Crippen LogP contribution in [0.15, 0.2) is 132 Å². The van der Waals surface area contributed by atoms with E-state index < -0.39 is 39.9 Å². The van der Waals surface area contributed by atoms with Crippen LogP contribution in [0.3, 0.4) is 0 Å². The highest BCUT2D eigenvalue weighted by molar-refractivity contribution is 6.12. The van der Waals surface area contributed by atoms with E-state index in [0.717, 1.165) is 12.0 Å². The third-order valence-corrected chi connectivity index (χ3v) is 9.67. The first-order valence-corrected chi connectivity index (χ1v) is 14.6. The Morgan fingerprint density at radius 2 is 1.09 bits per heavy atom. The fourth-order valence-electron chi connectivity index (χ4n) is 8.57. The molecule has 7 rings (SSSR count). The molecule has 1 amide bonds. The Kier molecular flexibility index (Phi) is 5.96. The maximum atomic E-state index is 15.2. The van der Waals surface area contributed by atoms with Crippen molar-refractivity contribution in [2.24, 2.45) is 11.1 Å². The number of cyclic esters (lactones) is 1. The molecule has 4 aromatic rings. The summed E-state index contributed by atoms with van der Waals surface area (Å²) in [6, 6.07) is 37.5. The van der Waals surface area contributed by atoms with Crippen LogP contribution in [0, 0.1) is 5.41 Å². The van der Waals surface area contributed by atoms with Gasteiger partial charge in [-0.1, -0.05) is 127 Å². The number of ether oxygens (including phenoxy) is 2. The summed E-state index contributed by atoms with van der Waals surface area (Å²) >= 11 is 0. The van der Waals surface area contributed by atoms with E-state index in [1.807, 2.05) is 121 Å². The molecule has 3 aliphatic rings. The van der Waals surface area contributed by atoms with Crippen molar-refractivity contribution in [2.45, 2.75) is 42.8 Å². The van der Waals surface area contributed by atoms with Crippen LogP contribution in [-0.4, -0.2) is 23.4 Å². The van der Waals surface area contributed by atoms with Crippen molar-refractivity contribution < 1.29 is 23.9 Å². The molecule has 6 heteroatoms. The number of primary amides is 1. The van der Waals surface area contributed by atoms with Crippen molar-refractivity contribution in [1.29, 1.82) is 0 Å². The van der Waals surface area contributed by atoms with Crippen molar-refractivity contribution >= 4 is 17.8 Å². The van der Waals surface area contributed by atoms with Crippen LogP contribution in [0.4, 0.5) is 0 Å². The summed E-state index contributed by atoms with van der Waals surface area (Å²) in [4.78, 5) is 43.3. The van der Waals surface area contributed by atoms with Gasteiger partial charge in [0.05, 0.1) is 5.41 Å². The molecule has 1 heterocycles. The Hall–Kier alpha value is -4.97. The number of hydrogen-bond donors (Lipinski definition) is 1. The highest BCUT2D eigenvalue weighted by Crippen LogP contribution is 2.77. The SMILES string of the molecule is CC(=O)O[C@@]12C3=C(CCC3)C(c3ccccc3)(c3ccccc3)[C@]1(C(N)=O)C(=O)OC2(c1ccccc1)c1ccccc1. The lowest BCUT2D eigenvalue weighted by molar-refractivity contribution is -0.182. The number of carbonyl (C=O) groups excluding carboxylic acids is 3. The predicted octanol–water partition coefficient (Wildman–Crippen LogP) is 5.74. The number of benzene rings is 4. The molecule has 0 radical (unpaired) electrons. The number of esters is 2. The maximum absolute atomic E-state index is 15.2. The first kappa shape index (κ1) is 26.9. The molecule has 0 bridgehead atoms. The molecule has 1 fully saturated rings. The average molecular weight is 570 g/mol. The summed E-state index contributed by atoms with van der Waals surface area (Å²) in [5.41, 5.74) is 3.50. The van der Waals surface area contributed by atoms with Gasteiger partial charge < -0.3 is 15.2 Å². The zero-order valence-corrected chi connectivity index (χ0v) is 23.8. The van der Waals surface area contributed by atoms with Gasteiger partial charge in [0.15, 0.2) is 0 Å². The van der Waals surface area contributed by atoms with E-state index in [0.29, 0.717) is 40.7 Å². The number of allylic oxidation sites excluding steroid dienone is 1. The standard InChI is InChI=1S/C37H31NO5/c1-25(39)42-37-31-24-14-23-30(31)34(26-15-6-2-7-16-26,27-17-8-3-9-18-27)35(37,32(38)40)33(41)43-36(37,28-19-10-4-11-20-28)29-21-12-5-13-22-29/h2-13,15-22H,14,23-24H2,1H3,(H2,38,40)/t35-,37-/m0/s1. The summed E-state index contributed by atoms with van der Waals surface area (Å²) in [5, 5.41) is 0. The van der Waals surface area contributed by atoms with E-state index in [9.17, 15) is 9.59 Å². The number of carbonyl (C=O) groups is 3. The minimum atomic E-state index is -2.19. The van der Waals surface area contributed by atoms with Gasteiger partial charge in [-0.25, -0.2) is 0 Å². The lowest BCUT2D eigenvalue weighted by atomic mass is 9.49. The molecule has 0 spiro atoms. The third-order valence-electron chi connectivity index (χ3n) is 9.67. The molecule has 2 atom stereocenters. The number of nitrogens with two attached hydrogens (primary N) is 1. The van der Waals surface area contributed by atoms with Crippen molar-refractivity contribution in [3.8, 4) is 0 Å². The fraction of sp³-hybridized carbons (Fsp3) is 0.216. The molecule has 0 saturated carbocycles. The number of fused-ring (bicyclic) bond motifs is 2. The van der Waals surface area contributed by atoms with Gasteiger partial charge >= 0.3 is 11.9 Å². The molecular formula is C37H31NO5. The normalized spacial score (nSPS) is 24.6. The summed E-state index contributed by atoms with van der Waals surface area (Å²) < 4.78 is 13.4. The Morgan fingerprint density at radius 3 is 1.51 bits per heavy atom. The second-order valence-electron chi connectivity index (χ2n) is 11.5. The van der Waals surface area contributed by atoms with Gasteiger partial charge in [-0.15, -0.1) is 0 Å². The zero-order valence-electron chi connectivity index (χ0n) is 23.8. The summed E-state index contributed by atoms with van der Waals surface area (Å²) in [6.45, 7) is 1.31. The van der Waals surface area contributed by atoms with E-state index in [4.69, 9.17) is 15.2 Å². The maximum Gasteiger partial charge on any atom is 0.329 e. The number of rotatable bonds is 6. The van der Waals surface area contributed by atoms with Crippen molar-refractivity contribution in [1.82, 2.24) is 0 Å². The van der Waals surface area contributed by atoms with Gasteiger partial charge in [-0.3, -0.25) is 14.4 Å². The Balaban J connectivity index is 1.76. The molecule has 6 nitrogen and oxygen atoms in total. The van der Waals surface area contributed by atoms with Crippen LogP contribution < -0.4 is 5.73 Å². The van der Waals surface area contributed by atoms with Crippen LogP contribution in [0.1, 0.15) is 48.4 Å². The lowest BCUT2D eigenvalue weighted by Gasteiger charge is -2.51. The highest BCUT2D eigenvalue weighted by atomic mass is 16.6. The molecule has 43 heavy (non-hydrogen) atoms. The second-order valence-corrected chi connectivity index (χ2v) is 11.5. The van der Waals surface area contributed by atoms with Crippen LogP contribution in [0.5, 0.6) is 0 Å². The molecule has 214 valence electrons. The topological polar surface area (TPSA) is 95.7 Å². The minimum absolute atomic E-state index is 0.497. The van der Waals surface area contributed by atoms with Crippen LogP contribution in [0.25, 0.3) is 0 Å². The molecule has 0 unspecified atom stereocenters. The minimum Gasteiger partial charge on any atom is -0.448 e. The monoisotopic (exact) mass is 569 g/mol. The molecule has 2 aliphatic carbocycles. The fourth-order valence-corrected chi connectivity index (χ4v) is 8.57. The Morgan fingerprint density at radius 1 is 0.674 bits per heavy atom. The van der Waals surface area contributed by atoms with E-state index in [1.165, 1.54) is 6.92 Å².